The molecule has 88 valence electrons. The fourth-order valence-electron chi connectivity index (χ4n) is 1.72. The van der Waals surface area contributed by atoms with Gasteiger partial charge in [0.05, 0.1) is 6.61 Å². The van der Waals surface area contributed by atoms with E-state index in [1.165, 1.54) is 11.1 Å². The van der Waals surface area contributed by atoms with Crippen molar-refractivity contribution < 1.29 is 4.74 Å². The van der Waals surface area contributed by atoms with E-state index in [1.807, 2.05) is 36.7 Å². The molecule has 0 unspecified atom stereocenters. The van der Waals surface area contributed by atoms with Gasteiger partial charge in [0.1, 0.15) is 5.75 Å². The van der Waals surface area contributed by atoms with Crippen LogP contribution in [0.5, 0.6) is 5.75 Å². The number of benzene rings is 1. The van der Waals surface area contributed by atoms with Gasteiger partial charge in [-0.05, 0) is 55.2 Å². The number of rotatable bonds is 5. The molecular formula is C15H17NO. The van der Waals surface area contributed by atoms with Crippen molar-refractivity contribution in [2.45, 2.75) is 19.8 Å². The molecule has 17 heavy (non-hydrogen) atoms. The maximum atomic E-state index is 5.69. The number of ether oxygens (including phenoxy) is 1. The number of nitrogens with zero attached hydrogens (tertiary/aromatic N) is 1. The molecule has 0 bridgehead atoms. The maximum Gasteiger partial charge on any atom is 0.119 e. The van der Waals surface area contributed by atoms with E-state index < -0.39 is 0 Å². The van der Waals surface area contributed by atoms with Gasteiger partial charge >= 0.3 is 0 Å². The van der Waals surface area contributed by atoms with Crippen LogP contribution in [0.25, 0.3) is 0 Å². The zero-order valence-corrected chi connectivity index (χ0v) is 10.1. The standard InChI is InChI=1S/C15H17NO/c1-13-4-2-6-15(12-13)17-11-3-5-14-7-9-16-10-8-14/h2,4,6-10,12H,3,5,11H2,1H3. The quantitative estimate of drug-likeness (QED) is 0.730. The lowest BCUT2D eigenvalue weighted by molar-refractivity contribution is 0.311. The third-order valence-electron chi connectivity index (χ3n) is 2.62. The maximum absolute atomic E-state index is 5.69. The van der Waals surface area contributed by atoms with E-state index >= 15 is 0 Å². The molecule has 0 amide bonds. The molecule has 0 radical (unpaired) electrons. The summed E-state index contributed by atoms with van der Waals surface area (Å²) in [5.41, 5.74) is 2.55. The highest BCUT2D eigenvalue weighted by molar-refractivity contribution is 5.27. The monoisotopic (exact) mass is 227 g/mol. The van der Waals surface area contributed by atoms with E-state index in [4.69, 9.17) is 4.74 Å². The Bertz CT molecular complexity index is 453. The van der Waals surface area contributed by atoms with Crippen LogP contribution in [0.1, 0.15) is 17.5 Å². The minimum atomic E-state index is 0.756. The van der Waals surface area contributed by atoms with Crippen LogP contribution in [0.4, 0.5) is 0 Å². The average molecular weight is 227 g/mol. The molecule has 0 aliphatic heterocycles. The summed E-state index contributed by atoms with van der Waals surface area (Å²) in [5.74, 6) is 0.958. The molecule has 2 rings (SSSR count). The van der Waals surface area contributed by atoms with Crippen molar-refractivity contribution in [2.24, 2.45) is 0 Å². The van der Waals surface area contributed by atoms with E-state index in [1.54, 1.807) is 0 Å². The van der Waals surface area contributed by atoms with Crippen molar-refractivity contribution >= 4 is 0 Å². The molecule has 0 aliphatic rings. The number of hydrogen-bond donors (Lipinski definition) is 0. The van der Waals surface area contributed by atoms with Crippen molar-refractivity contribution in [1.82, 2.24) is 4.98 Å². The van der Waals surface area contributed by atoms with E-state index in [9.17, 15) is 0 Å². The summed E-state index contributed by atoms with van der Waals surface area (Å²) in [4.78, 5) is 4.00. The fraction of sp³-hybridized carbons (Fsp3) is 0.267. The normalized spacial score (nSPS) is 10.2. The second kappa shape index (κ2) is 6.04. The average Bonchev–Trinajstić information content (AvgIpc) is 2.36. The van der Waals surface area contributed by atoms with Crippen LogP contribution in [0.3, 0.4) is 0 Å². The summed E-state index contributed by atoms with van der Waals surface area (Å²) >= 11 is 0. The number of aryl methyl sites for hydroxylation is 2. The van der Waals surface area contributed by atoms with Crippen molar-refractivity contribution in [3.63, 3.8) is 0 Å². The Morgan fingerprint density at radius 3 is 2.71 bits per heavy atom. The lowest BCUT2D eigenvalue weighted by Gasteiger charge is -2.06. The van der Waals surface area contributed by atoms with E-state index in [-0.39, 0.29) is 0 Å². The van der Waals surface area contributed by atoms with Crippen molar-refractivity contribution in [1.29, 1.82) is 0 Å². The van der Waals surface area contributed by atoms with Gasteiger partial charge in [-0.1, -0.05) is 12.1 Å². The third kappa shape index (κ3) is 3.91. The molecule has 1 aromatic heterocycles. The van der Waals surface area contributed by atoms with Gasteiger partial charge in [-0.15, -0.1) is 0 Å². The molecule has 1 heterocycles. The summed E-state index contributed by atoms with van der Waals surface area (Å²) in [6.07, 6.45) is 5.72. The molecule has 0 spiro atoms. The van der Waals surface area contributed by atoms with Crippen LogP contribution >= 0.6 is 0 Å². The van der Waals surface area contributed by atoms with Crippen LogP contribution in [-0.2, 0) is 6.42 Å². The molecule has 0 saturated heterocycles. The lowest BCUT2D eigenvalue weighted by Crippen LogP contribution is -1.99. The van der Waals surface area contributed by atoms with Crippen molar-refractivity contribution in [3.8, 4) is 5.75 Å². The molecular weight excluding hydrogens is 210 g/mol. The smallest absolute Gasteiger partial charge is 0.119 e. The molecule has 1 aromatic carbocycles. The first kappa shape index (κ1) is 11.6. The van der Waals surface area contributed by atoms with E-state index in [0.29, 0.717) is 0 Å². The second-order valence-electron chi connectivity index (χ2n) is 4.12. The summed E-state index contributed by atoms with van der Waals surface area (Å²) < 4.78 is 5.69. The van der Waals surface area contributed by atoms with Gasteiger partial charge < -0.3 is 4.74 Å². The Labute approximate surface area is 102 Å². The molecule has 0 saturated carbocycles. The van der Waals surface area contributed by atoms with Gasteiger partial charge in [0, 0.05) is 12.4 Å². The topological polar surface area (TPSA) is 22.1 Å². The van der Waals surface area contributed by atoms with Gasteiger partial charge in [0.25, 0.3) is 0 Å². The molecule has 2 nitrogen and oxygen atoms in total. The number of pyridine rings is 1. The first-order valence-electron chi connectivity index (χ1n) is 5.93. The summed E-state index contributed by atoms with van der Waals surface area (Å²) in [5, 5.41) is 0. The Balaban J connectivity index is 1.73. The van der Waals surface area contributed by atoms with Gasteiger partial charge in [-0.2, -0.15) is 0 Å². The highest BCUT2D eigenvalue weighted by Gasteiger charge is 1.95. The highest BCUT2D eigenvalue weighted by atomic mass is 16.5. The van der Waals surface area contributed by atoms with E-state index in [0.717, 1.165) is 25.2 Å². The SMILES string of the molecule is Cc1cccc(OCCCc2ccncc2)c1. The molecule has 2 heteroatoms. The number of hydrogen-bond acceptors (Lipinski definition) is 2. The van der Waals surface area contributed by atoms with Crippen molar-refractivity contribution in [3.05, 3.63) is 59.9 Å². The molecule has 0 aliphatic carbocycles. The minimum absolute atomic E-state index is 0.756. The zero-order valence-electron chi connectivity index (χ0n) is 10.1. The largest absolute Gasteiger partial charge is 0.494 e. The molecule has 0 atom stereocenters. The van der Waals surface area contributed by atoms with Gasteiger partial charge in [-0.3, -0.25) is 4.98 Å². The van der Waals surface area contributed by atoms with Crippen LogP contribution in [0, 0.1) is 6.92 Å². The van der Waals surface area contributed by atoms with E-state index in [2.05, 4.69) is 24.0 Å². The van der Waals surface area contributed by atoms with Crippen molar-refractivity contribution in [2.75, 3.05) is 6.61 Å². The Hall–Kier alpha value is -1.83. The van der Waals surface area contributed by atoms with Crippen LogP contribution < -0.4 is 4.74 Å². The Morgan fingerprint density at radius 2 is 1.94 bits per heavy atom. The zero-order chi connectivity index (χ0) is 11.9. The Kier molecular flexibility index (Phi) is 4.14. The summed E-state index contributed by atoms with van der Waals surface area (Å²) in [6, 6.07) is 12.3. The first-order valence-corrected chi connectivity index (χ1v) is 5.93. The molecule has 0 N–H and O–H groups in total. The van der Waals surface area contributed by atoms with Gasteiger partial charge in [0.2, 0.25) is 0 Å². The Morgan fingerprint density at radius 1 is 1.12 bits per heavy atom. The number of aromatic nitrogens is 1. The van der Waals surface area contributed by atoms with Crippen LogP contribution in [-0.4, -0.2) is 11.6 Å². The summed E-state index contributed by atoms with van der Waals surface area (Å²) in [7, 11) is 0. The highest BCUT2D eigenvalue weighted by Crippen LogP contribution is 2.12. The van der Waals surface area contributed by atoms with Gasteiger partial charge in [-0.25, -0.2) is 0 Å². The molecule has 0 fully saturated rings. The van der Waals surface area contributed by atoms with Crippen LogP contribution in [0.2, 0.25) is 0 Å². The summed E-state index contributed by atoms with van der Waals surface area (Å²) in [6.45, 7) is 2.83. The third-order valence-corrected chi connectivity index (χ3v) is 2.62. The van der Waals surface area contributed by atoms with Gasteiger partial charge in [0.15, 0.2) is 0 Å². The fourth-order valence-corrected chi connectivity index (χ4v) is 1.72. The first-order chi connectivity index (χ1) is 8.34. The predicted molar refractivity (Wildman–Crippen MR) is 69.2 cm³/mol. The predicted octanol–water partition coefficient (Wildman–Crippen LogP) is 3.40. The van der Waals surface area contributed by atoms with Crippen LogP contribution in [0.15, 0.2) is 48.8 Å². The lowest BCUT2D eigenvalue weighted by atomic mass is 10.1. The molecule has 2 aromatic rings. The minimum Gasteiger partial charge on any atom is -0.494 e. The second-order valence-corrected chi connectivity index (χ2v) is 4.12.